The first-order valence-electron chi connectivity index (χ1n) is 7.77. The highest BCUT2D eigenvalue weighted by molar-refractivity contribution is 5.80. The van der Waals surface area contributed by atoms with Crippen LogP contribution in [-0.4, -0.2) is 41.1 Å². The molecule has 1 saturated carbocycles. The van der Waals surface area contributed by atoms with E-state index in [0.29, 0.717) is 31.8 Å². The number of carboxylic acid groups (broad SMARTS) is 1. The second-order valence-electron chi connectivity index (χ2n) is 6.47. The number of hydrogen-bond acceptors (Lipinski definition) is 2. The zero-order valence-corrected chi connectivity index (χ0v) is 12.5. The molecule has 0 aromatic rings. The minimum absolute atomic E-state index is 0.0806. The molecule has 5 nitrogen and oxygen atoms in total. The molecular formula is C15H26N2O3. The number of carbonyl (C=O) groups excluding carboxylic acids is 1. The Bertz CT molecular complexity index is 385. The molecule has 1 aliphatic carbocycles. The van der Waals surface area contributed by atoms with Gasteiger partial charge in [-0.05, 0) is 31.6 Å². The number of likely N-dealkylation sites (tertiary alicyclic amines) is 1. The van der Waals surface area contributed by atoms with Gasteiger partial charge in [0.25, 0.3) is 0 Å². The van der Waals surface area contributed by atoms with Crippen LogP contribution in [-0.2, 0) is 4.79 Å². The third kappa shape index (κ3) is 2.91. The zero-order valence-electron chi connectivity index (χ0n) is 12.5. The monoisotopic (exact) mass is 282 g/mol. The Kier molecular flexibility index (Phi) is 4.55. The largest absolute Gasteiger partial charge is 0.481 e. The molecular weight excluding hydrogens is 256 g/mol. The van der Waals surface area contributed by atoms with E-state index < -0.39 is 11.4 Å². The lowest BCUT2D eigenvalue weighted by Crippen LogP contribution is -2.46. The van der Waals surface area contributed by atoms with E-state index in [1.165, 1.54) is 12.8 Å². The third-order valence-corrected chi connectivity index (χ3v) is 4.99. The second-order valence-corrected chi connectivity index (χ2v) is 6.47. The maximum absolute atomic E-state index is 12.3. The average molecular weight is 282 g/mol. The molecule has 0 radical (unpaired) electrons. The molecule has 5 heteroatoms. The highest BCUT2D eigenvalue weighted by Crippen LogP contribution is 2.35. The van der Waals surface area contributed by atoms with Crippen molar-refractivity contribution in [2.24, 2.45) is 11.3 Å². The summed E-state index contributed by atoms with van der Waals surface area (Å²) in [5.41, 5.74) is -0.729. The fourth-order valence-corrected chi connectivity index (χ4v) is 3.62. The molecule has 0 aromatic carbocycles. The fourth-order valence-electron chi connectivity index (χ4n) is 3.62. The Labute approximate surface area is 120 Å². The summed E-state index contributed by atoms with van der Waals surface area (Å²) in [6.45, 7) is 5.07. The molecule has 1 saturated heterocycles. The van der Waals surface area contributed by atoms with Crippen molar-refractivity contribution in [3.63, 3.8) is 0 Å². The number of aliphatic carboxylic acids is 1. The van der Waals surface area contributed by atoms with Crippen LogP contribution in [0, 0.1) is 11.3 Å². The average Bonchev–Trinajstić information content (AvgIpc) is 2.98. The molecule has 0 aromatic heterocycles. The van der Waals surface area contributed by atoms with Crippen LogP contribution >= 0.6 is 0 Å². The van der Waals surface area contributed by atoms with Crippen molar-refractivity contribution in [3.8, 4) is 0 Å². The molecule has 2 fully saturated rings. The van der Waals surface area contributed by atoms with Crippen molar-refractivity contribution >= 4 is 12.0 Å². The summed E-state index contributed by atoms with van der Waals surface area (Å²) in [5, 5.41) is 12.5. The summed E-state index contributed by atoms with van der Waals surface area (Å²) in [6.07, 6.45) is 5.43. The van der Waals surface area contributed by atoms with Crippen LogP contribution in [0.25, 0.3) is 0 Å². The summed E-state index contributed by atoms with van der Waals surface area (Å²) in [5.74, 6) is -0.231. The van der Waals surface area contributed by atoms with E-state index in [1.54, 1.807) is 4.90 Å². The predicted molar refractivity (Wildman–Crippen MR) is 76.5 cm³/mol. The van der Waals surface area contributed by atoms with Gasteiger partial charge >= 0.3 is 12.0 Å². The van der Waals surface area contributed by atoms with Crippen LogP contribution in [0.15, 0.2) is 0 Å². The number of carbonyl (C=O) groups is 2. The minimum Gasteiger partial charge on any atom is -0.481 e. The fraction of sp³-hybridized carbons (Fsp3) is 0.867. The number of carboxylic acids is 1. The summed E-state index contributed by atoms with van der Waals surface area (Å²) in [4.78, 5) is 25.5. The topological polar surface area (TPSA) is 69.6 Å². The Balaban J connectivity index is 1.94. The van der Waals surface area contributed by atoms with Crippen molar-refractivity contribution in [1.29, 1.82) is 0 Å². The van der Waals surface area contributed by atoms with Crippen molar-refractivity contribution in [2.45, 2.75) is 58.4 Å². The van der Waals surface area contributed by atoms with E-state index in [2.05, 4.69) is 12.2 Å². The van der Waals surface area contributed by atoms with Crippen LogP contribution in [0.1, 0.15) is 52.4 Å². The molecule has 1 aliphatic heterocycles. The van der Waals surface area contributed by atoms with Gasteiger partial charge in [-0.25, -0.2) is 4.79 Å². The van der Waals surface area contributed by atoms with Gasteiger partial charge in [-0.2, -0.15) is 0 Å². The van der Waals surface area contributed by atoms with Crippen molar-refractivity contribution in [1.82, 2.24) is 10.2 Å². The van der Waals surface area contributed by atoms with Gasteiger partial charge in [0.2, 0.25) is 0 Å². The lowest BCUT2D eigenvalue weighted by molar-refractivity contribution is -0.148. The van der Waals surface area contributed by atoms with Gasteiger partial charge in [0, 0.05) is 19.1 Å². The van der Waals surface area contributed by atoms with Gasteiger partial charge < -0.3 is 15.3 Å². The van der Waals surface area contributed by atoms with E-state index in [1.807, 2.05) is 6.92 Å². The predicted octanol–water partition coefficient (Wildman–Crippen LogP) is 2.46. The van der Waals surface area contributed by atoms with E-state index in [4.69, 9.17) is 0 Å². The Morgan fingerprint density at radius 1 is 1.40 bits per heavy atom. The number of rotatable bonds is 4. The van der Waals surface area contributed by atoms with Gasteiger partial charge in [-0.3, -0.25) is 4.79 Å². The Morgan fingerprint density at radius 2 is 2.15 bits per heavy atom. The van der Waals surface area contributed by atoms with E-state index >= 15 is 0 Å². The summed E-state index contributed by atoms with van der Waals surface area (Å²) in [7, 11) is 0. The number of amides is 2. The maximum atomic E-state index is 12.3. The normalized spacial score (nSPS) is 33.4. The highest BCUT2D eigenvalue weighted by Gasteiger charge is 2.45. The standard InChI is InChI=1S/C15H26N2O3/c1-3-7-15(13(18)19)8-9-17(10-15)14(20)16-12-6-4-5-11(12)2/h11-12H,3-10H2,1-2H3,(H,16,20)(H,18,19). The number of hydrogen-bond donors (Lipinski definition) is 2. The van der Waals surface area contributed by atoms with Gasteiger partial charge in [0.1, 0.15) is 0 Å². The SMILES string of the molecule is CCCC1(C(=O)O)CCN(C(=O)NC2CCCC2C)C1. The van der Waals surface area contributed by atoms with E-state index in [0.717, 1.165) is 12.8 Å². The van der Waals surface area contributed by atoms with Gasteiger partial charge in [-0.15, -0.1) is 0 Å². The Hall–Kier alpha value is -1.26. The number of nitrogens with one attached hydrogen (secondary N) is 1. The van der Waals surface area contributed by atoms with E-state index in [9.17, 15) is 14.7 Å². The van der Waals surface area contributed by atoms with Crippen LogP contribution in [0.2, 0.25) is 0 Å². The Morgan fingerprint density at radius 3 is 2.70 bits per heavy atom. The molecule has 3 unspecified atom stereocenters. The molecule has 20 heavy (non-hydrogen) atoms. The van der Waals surface area contributed by atoms with Crippen LogP contribution in [0.4, 0.5) is 4.79 Å². The van der Waals surface area contributed by atoms with Gasteiger partial charge in [0.15, 0.2) is 0 Å². The van der Waals surface area contributed by atoms with Crippen LogP contribution in [0.3, 0.4) is 0 Å². The molecule has 114 valence electrons. The third-order valence-electron chi connectivity index (χ3n) is 4.99. The molecule has 0 bridgehead atoms. The summed E-state index contributed by atoms with van der Waals surface area (Å²) >= 11 is 0. The quantitative estimate of drug-likeness (QED) is 0.832. The van der Waals surface area contributed by atoms with Gasteiger partial charge in [0.05, 0.1) is 5.41 Å². The van der Waals surface area contributed by atoms with Crippen molar-refractivity contribution in [2.75, 3.05) is 13.1 Å². The summed E-state index contributed by atoms with van der Waals surface area (Å²) in [6, 6.07) is 0.177. The smallest absolute Gasteiger partial charge is 0.317 e. The second kappa shape index (κ2) is 6.02. The lowest BCUT2D eigenvalue weighted by Gasteiger charge is -2.26. The lowest BCUT2D eigenvalue weighted by atomic mass is 9.83. The first kappa shape index (κ1) is 15.1. The van der Waals surface area contributed by atoms with Crippen LogP contribution in [0.5, 0.6) is 0 Å². The first-order valence-corrected chi connectivity index (χ1v) is 7.77. The molecule has 2 N–H and O–H groups in total. The highest BCUT2D eigenvalue weighted by atomic mass is 16.4. The first-order chi connectivity index (χ1) is 9.48. The number of nitrogens with zero attached hydrogens (tertiary/aromatic N) is 1. The number of urea groups is 1. The minimum atomic E-state index is -0.760. The molecule has 1 heterocycles. The molecule has 2 amide bonds. The van der Waals surface area contributed by atoms with Crippen molar-refractivity contribution < 1.29 is 14.7 Å². The van der Waals surface area contributed by atoms with Crippen molar-refractivity contribution in [3.05, 3.63) is 0 Å². The summed E-state index contributed by atoms with van der Waals surface area (Å²) < 4.78 is 0. The van der Waals surface area contributed by atoms with Gasteiger partial charge in [-0.1, -0.05) is 26.7 Å². The van der Waals surface area contributed by atoms with E-state index in [-0.39, 0.29) is 12.1 Å². The molecule has 0 spiro atoms. The molecule has 3 atom stereocenters. The molecule has 2 aliphatic rings. The van der Waals surface area contributed by atoms with Crippen LogP contribution < -0.4 is 5.32 Å². The zero-order chi connectivity index (χ0) is 14.8. The molecule has 2 rings (SSSR count). The maximum Gasteiger partial charge on any atom is 0.317 e.